The summed E-state index contributed by atoms with van der Waals surface area (Å²) in [5.41, 5.74) is 1.16. The Hall–Kier alpha value is -2.13. The molecule has 0 unspecified atom stereocenters. The van der Waals surface area contributed by atoms with Crippen LogP contribution in [0.4, 0.5) is 10.5 Å². The quantitative estimate of drug-likeness (QED) is 0.748. The van der Waals surface area contributed by atoms with Crippen LogP contribution in [0.5, 0.6) is 0 Å². The second-order valence-electron chi connectivity index (χ2n) is 5.70. The van der Waals surface area contributed by atoms with Crippen LogP contribution in [-0.2, 0) is 14.8 Å². The molecular weight excluding hydrogens is 344 g/mol. The molecule has 0 aliphatic carbocycles. The van der Waals surface area contributed by atoms with Gasteiger partial charge in [0.1, 0.15) is 0 Å². The first kappa shape index (κ1) is 19.2. The zero-order chi connectivity index (χ0) is 18.6. The van der Waals surface area contributed by atoms with E-state index in [1.807, 2.05) is 0 Å². The maximum absolute atomic E-state index is 12.7. The molecule has 0 aromatic heterocycles. The lowest BCUT2D eigenvalue weighted by molar-refractivity contribution is -0.125. The summed E-state index contributed by atoms with van der Waals surface area (Å²) >= 11 is 0. The molecule has 1 fully saturated rings. The van der Waals surface area contributed by atoms with Crippen molar-refractivity contribution in [2.75, 3.05) is 38.0 Å². The number of carbonyl (C=O) groups excluding carboxylic acids is 2. The summed E-state index contributed by atoms with van der Waals surface area (Å²) in [5.74, 6) is -0.358. The van der Waals surface area contributed by atoms with Crippen molar-refractivity contribution >= 4 is 27.6 Å². The predicted molar refractivity (Wildman–Crippen MR) is 94.9 cm³/mol. The lowest BCUT2D eigenvalue weighted by Crippen LogP contribution is -2.38. The molecule has 1 aromatic rings. The molecule has 1 aliphatic heterocycles. The number of nitrogens with one attached hydrogen (secondary N) is 2. The number of amides is 3. The van der Waals surface area contributed by atoms with E-state index < -0.39 is 16.1 Å². The van der Waals surface area contributed by atoms with Crippen molar-refractivity contribution in [3.8, 4) is 0 Å². The van der Waals surface area contributed by atoms with E-state index >= 15 is 0 Å². The minimum absolute atomic E-state index is 0.0821. The molecule has 1 aromatic carbocycles. The molecule has 1 heterocycles. The van der Waals surface area contributed by atoms with Gasteiger partial charge in [-0.05, 0) is 24.6 Å². The topological polar surface area (TPSA) is 98.8 Å². The summed E-state index contributed by atoms with van der Waals surface area (Å²) in [5, 5.41) is 5.47. The number of carbonyl (C=O) groups is 2. The van der Waals surface area contributed by atoms with Crippen LogP contribution in [-0.4, -0.2) is 62.3 Å². The van der Waals surface area contributed by atoms with Gasteiger partial charge in [-0.25, -0.2) is 13.2 Å². The Balaban J connectivity index is 2.16. The van der Waals surface area contributed by atoms with E-state index in [2.05, 4.69) is 10.6 Å². The average Bonchev–Trinajstić information content (AvgIpc) is 3.00. The SMILES string of the molecule is CCN(CC)S(=O)(=O)c1cc(NCC(=O)N2CCNC2=O)ccc1C. The first-order chi connectivity index (χ1) is 11.8. The van der Waals surface area contributed by atoms with Gasteiger partial charge < -0.3 is 10.6 Å². The molecule has 1 saturated heterocycles. The highest BCUT2D eigenvalue weighted by Crippen LogP contribution is 2.23. The molecule has 9 heteroatoms. The Morgan fingerprint density at radius 3 is 2.56 bits per heavy atom. The second kappa shape index (κ2) is 7.83. The maximum Gasteiger partial charge on any atom is 0.324 e. The highest BCUT2D eigenvalue weighted by Gasteiger charge is 2.26. The molecule has 138 valence electrons. The minimum Gasteiger partial charge on any atom is -0.376 e. The van der Waals surface area contributed by atoms with Crippen molar-refractivity contribution in [3.63, 3.8) is 0 Å². The molecule has 1 aliphatic rings. The van der Waals surface area contributed by atoms with Crippen LogP contribution >= 0.6 is 0 Å². The zero-order valence-electron chi connectivity index (χ0n) is 14.7. The van der Waals surface area contributed by atoms with Crippen molar-refractivity contribution in [1.29, 1.82) is 0 Å². The van der Waals surface area contributed by atoms with Crippen LogP contribution in [0.3, 0.4) is 0 Å². The van der Waals surface area contributed by atoms with E-state index in [1.54, 1.807) is 32.9 Å². The first-order valence-corrected chi connectivity index (χ1v) is 9.68. The Bertz CT molecular complexity index is 759. The van der Waals surface area contributed by atoms with Gasteiger partial charge in [-0.3, -0.25) is 9.69 Å². The highest BCUT2D eigenvalue weighted by molar-refractivity contribution is 7.89. The summed E-state index contributed by atoms with van der Waals surface area (Å²) in [4.78, 5) is 24.9. The van der Waals surface area contributed by atoms with Gasteiger partial charge in [-0.15, -0.1) is 0 Å². The number of sulfonamides is 1. The lowest BCUT2D eigenvalue weighted by atomic mass is 10.2. The number of hydrogen-bond donors (Lipinski definition) is 2. The monoisotopic (exact) mass is 368 g/mol. The number of urea groups is 1. The van der Waals surface area contributed by atoms with Crippen molar-refractivity contribution in [2.45, 2.75) is 25.7 Å². The lowest BCUT2D eigenvalue weighted by Gasteiger charge is -2.20. The largest absolute Gasteiger partial charge is 0.376 e. The molecule has 0 radical (unpaired) electrons. The van der Waals surface area contributed by atoms with Crippen molar-refractivity contribution in [3.05, 3.63) is 23.8 Å². The number of hydrogen-bond acceptors (Lipinski definition) is 5. The van der Waals surface area contributed by atoms with E-state index in [0.717, 1.165) is 4.90 Å². The Morgan fingerprint density at radius 2 is 2.00 bits per heavy atom. The number of aryl methyl sites for hydroxylation is 1. The fourth-order valence-corrected chi connectivity index (χ4v) is 4.38. The first-order valence-electron chi connectivity index (χ1n) is 8.24. The number of benzene rings is 1. The highest BCUT2D eigenvalue weighted by atomic mass is 32.2. The van der Waals surface area contributed by atoms with Crippen molar-refractivity contribution in [1.82, 2.24) is 14.5 Å². The van der Waals surface area contributed by atoms with Crippen molar-refractivity contribution in [2.24, 2.45) is 0 Å². The van der Waals surface area contributed by atoms with E-state index in [1.165, 1.54) is 10.4 Å². The van der Waals surface area contributed by atoms with Gasteiger partial charge >= 0.3 is 6.03 Å². The van der Waals surface area contributed by atoms with E-state index in [0.29, 0.717) is 37.4 Å². The third-order valence-corrected chi connectivity index (χ3v) is 6.30. The number of anilines is 1. The van der Waals surface area contributed by atoms with E-state index in [-0.39, 0.29) is 17.3 Å². The summed E-state index contributed by atoms with van der Waals surface area (Å²) in [6, 6.07) is 4.54. The standard InChI is InChI=1S/C16H24N4O4S/c1-4-19(5-2)25(23,24)14-10-13(7-6-12(14)3)18-11-15(21)20-9-8-17-16(20)22/h6-7,10,18H,4-5,8-9,11H2,1-3H3,(H,17,22). The van der Waals surface area contributed by atoms with E-state index in [9.17, 15) is 18.0 Å². The number of rotatable bonds is 7. The molecule has 0 atom stereocenters. The van der Waals surface area contributed by atoms with Gasteiger partial charge in [0.15, 0.2) is 0 Å². The minimum atomic E-state index is -3.58. The maximum atomic E-state index is 12.7. The normalized spacial score (nSPS) is 14.7. The zero-order valence-corrected chi connectivity index (χ0v) is 15.5. The van der Waals surface area contributed by atoms with E-state index in [4.69, 9.17) is 0 Å². The number of imide groups is 1. The fourth-order valence-electron chi connectivity index (χ4n) is 2.67. The molecule has 2 N–H and O–H groups in total. The van der Waals surface area contributed by atoms with Gasteiger partial charge in [0.05, 0.1) is 11.4 Å². The van der Waals surface area contributed by atoms with Crippen LogP contribution in [0, 0.1) is 6.92 Å². The van der Waals surface area contributed by atoms with Gasteiger partial charge in [0.25, 0.3) is 0 Å². The second-order valence-corrected chi connectivity index (χ2v) is 7.61. The summed E-state index contributed by atoms with van der Waals surface area (Å²) in [6.07, 6.45) is 0. The van der Waals surface area contributed by atoms with Gasteiger partial charge in [-0.2, -0.15) is 4.31 Å². The third-order valence-electron chi connectivity index (χ3n) is 4.11. The van der Waals surface area contributed by atoms with Gasteiger partial charge in [-0.1, -0.05) is 19.9 Å². The third kappa shape index (κ3) is 4.10. The smallest absolute Gasteiger partial charge is 0.324 e. The average molecular weight is 368 g/mol. The van der Waals surface area contributed by atoms with Crippen LogP contribution in [0.1, 0.15) is 19.4 Å². The van der Waals surface area contributed by atoms with Crippen molar-refractivity contribution < 1.29 is 18.0 Å². The Kier molecular flexibility index (Phi) is 6.02. The molecule has 0 saturated carbocycles. The summed E-state index contributed by atoms with van der Waals surface area (Å²) in [7, 11) is -3.58. The molecule has 0 bridgehead atoms. The van der Waals surface area contributed by atoms with Crippen LogP contribution in [0.15, 0.2) is 23.1 Å². The predicted octanol–water partition coefficient (Wildman–Crippen LogP) is 0.989. The molecule has 3 amide bonds. The Labute approximate surface area is 148 Å². The van der Waals surface area contributed by atoms with Gasteiger partial charge in [0.2, 0.25) is 15.9 Å². The molecule has 25 heavy (non-hydrogen) atoms. The van der Waals surface area contributed by atoms with Crippen LogP contribution in [0.25, 0.3) is 0 Å². The van der Waals surface area contributed by atoms with Gasteiger partial charge in [0, 0.05) is 31.9 Å². The molecule has 8 nitrogen and oxygen atoms in total. The van der Waals surface area contributed by atoms with Crippen LogP contribution in [0.2, 0.25) is 0 Å². The number of nitrogens with zero attached hydrogens (tertiary/aromatic N) is 2. The summed E-state index contributed by atoms with van der Waals surface area (Å²) < 4.78 is 26.8. The molecule has 0 spiro atoms. The van der Waals surface area contributed by atoms with Crippen LogP contribution < -0.4 is 10.6 Å². The Morgan fingerprint density at radius 1 is 1.32 bits per heavy atom. The molecule has 2 rings (SSSR count). The fraction of sp³-hybridized carbons (Fsp3) is 0.500. The summed E-state index contributed by atoms with van der Waals surface area (Å²) in [6.45, 7) is 6.80. The molecular formula is C16H24N4O4S.